The minimum atomic E-state index is -0.663. The van der Waals surface area contributed by atoms with Crippen LogP contribution in [0.25, 0.3) is 0 Å². The van der Waals surface area contributed by atoms with E-state index in [9.17, 15) is 14.4 Å². The number of ether oxygens (including phenoxy) is 1. The van der Waals surface area contributed by atoms with Crippen LogP contribution in [0, 0.1) is 12.3 Å². The van der Waals surface area contributed by atoms with Crippen molar-refractivity contribution in [3.63, 3.8) is 0 Å². The summed E-state index contributed by atoms with van der Waals surface area (Å²) in [5, 5.41) is 5.79. The van der Waals surface area contributed by atoms with Crippen LogP contribution in [0.4, 0.5) is 0 Å². The van der Waals surface area contributed by atoms with Crippen LogP contribution in [0.1, 0.15) is 66.9 Å². The van der Waals surface area contributed by atoms with Crippen molar-refractivity contribution in [2.24, 2.45) is 5.41 Å². The molecule has 0 aromatic carbocycles. The molecule has 1 aromatic rings. The fourth-order valence-electron chi connectivity index (χ4n) is 4.28. The summed E-state index contributed by atoms with van der Waals surface area (Å²) in [5.41, 5.74) is 0.0288. The van der Waals surface area contributed by atoms with Gasteiger partial charge in [-0.3, -0.25) is 14.4 Å². The molecule has 3 rings (SSSR count). The minimum Gasteiger partial charge on any atom is -0.368 e. The van der Waals surface area contributed by atoms with Crippen molar-refractivity contribution >= 4 is 28.9 Å². The molecule has 0 spiro atoms. The molecule has 1 aliphatic heterocycles. The summed E-state index contributed by atoms with van der Waals surface area (Å²) in [5.74, 6) is -0.635. The molecule has 28 heavy (non-hydrogen) atoms. The lowest BCUT2D eigenvalue weighted by Gasteiger charge is -2.30. The Morgan fingerprint density at radius 2 is 2.04 bits per heavy atom. The molecule has 3 atom stereocenters. The van der Waals surface area contributed by atoms with Gasteiger partial charge in [-0.25, -0.2) is 0 Å². The van der Waals surface area contributed by atoms with E-state index in [0.717, 1.165) is 30.6 Å². The number of ketones is 1. The molecule has 1 aromatic heterocycles. The first-order chi connectivity index (χ1) is 13.3. The highest BCUT2D eigenvalue weighted by Crippen LogP contribution is 2.41. The molecule has 0 bridgehead atoms. The number of carbonyl (C=O) groups is 3. The van der Waals surface area contributed by atoms with Gasteiger partial charge in [-0.05, 0) is 50.2 Å². The van der Waals surface area contributed by atoms with Crippen LogP contribution in [0.5, 0.6) is 0 Å². The molecule has 2 aliphatic rings. The second kappa shape index (κ2) is 8.74. The average Bonchev–Trinajstić information content (AvgIpc) is 3.36. The van der Waals surface area contributed by atoms with Crippen LogP contribution in [-0.2, 0) is 14.3 Å². The van der Waals surface area contributed by atoms with Crippen molar-refractivity contribution < 1.29 is 19.1 Å². The lowest BCUT2D eigenvalue weighted by Crippen LogP contribution is -2.54. The zero-order chi connectivity index (χ0) is 20.3. The first-order valence-corrected chi connectivity index (χ1v) is 10.9. The molecule has 1 unspecified atom stereocenters. The third kappa shape index (κ3) is 4.81. The zero-order valence-corrected chi connectivity index (χ0v) is 17.7. The van der Waals surface area contributed by atoms with Crippen LogP contribution in [0.2, 0.25) is 0 Å². The Balaban J connectivity index is 1.73. The van der Waals surface area contributed by atoms with Gasteiger partial charge in [0.05, 0.1) is 11.0 Å². The van der Waals surface area contributed by atoms with Crippen molar-refractivity contribution in [3.8, 4) is 0 Å². The fraction of sp³-hybridized carbons (Fsp3) is 0.667. The Hall–Kier alpha value is -1.73. The van der Waals surface area contributed by atoms with E-state index in [2.05, 4.69) is 17.6 Å². The highest BCUT2D eigenvalue weighted by atomic mass is 32.1. The Bertz CT molecular complexity index is 739. The van der Waals surface area contributed by atoms with Crippen LogP contribution >= 0.6 is 11.3 Å². The lowest BCUT2D eigenvalue weighted by molar-refractivity contribution is -0.128. The van der Waals surface area contributed by atoms with E-state index >= 15 is 0 Å². The van der Waals surface area contributed by atoms with Crippen molar-refractivity contribution in [3.05, 3.63) is 21.9 Å². The molecular formula is C21H30N2O4S. The van der Waals surface area contributed by atoms with E-state index in [1.54, 1.807) is 6.07 Å². The first kappa shape index (κ1) is 21.0. The van der Waals surface area contributed by atoms with E-state index in [-0.39, 0.29) is 35.7 Å². The topological polar surface area (TPSA) is 84.5 Å². The fourth-order valence-corrected chi connectivity index (χ4v) is 5.05. The maximum absolute atomic E-state index is 13.1. The standard InChI is InChI=1S/C21H30N2O4S/c1-4-16-18(15(24)12-27-16)23-19(25)14(11-21(3)9-5-6-10-21)22-20(26)17-8-7-13(2)28-17/h7-8,14,16,18H,4-6,9-12H2,1-3H3,(H,22,26)(H,23,25)/t14-,16-,18?/m0/s1. The van der Waals surface area contributed by atoms with Gasteiger partial charge in [0.1, 0.15) is 18.7 Å². The molecule has 1 saturated heterocycles. The largest absolute Gasteiger partial charge is 0.368 e. The molecule has 2 fully saturated rings. The third-order valence-electron chi connectivity index (χ3n) is 5.95. The van der Waals surface area contributed by atoms with Crippen molar-refractivity contribution in [2.45, 2.75) is 77.5 Å². The molecule has 154 valence electrons. The SMILES string of the molecule is CC[C@@H]1OCC(=O)C1NC(=O)[C@H](CC1(C)CCCC1)NC(=O)c1ccc(C)s1. The molecule has 2 amide bonds. The normalized spacial score (nSPS) is 24.9. The average molecular weight is 407 g/mol. The summed E-state index contributed by atoms with van der Waals surface area (Å²) < 4.78 is 5.46. The predicted molar refractivity (Wildman–Crippen MR) is 108 cm³/mol. The molecule has 7 heteroatoms. The maximum atomic E-state index is 13.1. The number of nitrogens with one attached hydrogen (secondary N) is 2. The molecular weight excluding hydrogens is 376 g/mol. The predicted octanol–water partition coefficient (Wildman–Crippen LogP) is 2.99. The van der Waals surface area contributed by atoms with Crippen molar-refractivity contribution in [2.75, 3.05) is 6.61 Å². The van der Waals surface area contributed by atoms with E-state index in [0.29, 0.717) is 17.7 Å². The third-order valence-corrected chi connectivity index (χ3v) is 6.95. The van der Waals surface area contributed by atoms with Gasteiger partial charge in [0.25, 0.3) is 5.91 Å². The van der Waals surface area contributed by atoms with Crippen LogP contribution in [0.3, 0.4) is 0 Å². The van der Waals surface area contributed by atoms with Gasteiger partial charge >= 0.3 is 0 Å². The van der Waals surface area contributed by atoms with Gasteiger partial charge in [0.15, 0.2) is 5.78 Å². The summed E-state index contributed by atoms with van der Waals surface area (Å²) in [6.45, 7) is 6.09. The van der Waals surface area contributed by atoms with Gasteiger partial charge in [-0.2, -0.15) is 0 Å². The van der Waals surface area contributed by atoms with Crippen molar-refractivity contribution in [1.29, 1.82) is 0 Å². The summed E-state index contributed by atoms with van der Waals surface area (Å²) in [6.07, 6.45) is 5.33. The smallest absolute Gasteiger partial charge is 0.262 e. The van der Waals surface area contributed by atoms with Gasteiger partial charge in [0, 0.05) is 4.88 Å². The quantitative estimate of drug-likeness (QED) is 0.729. The second-order valence-corrected chi connectivity index (χ2v) is 9.66. The van der Waals surface area contributed by atoms with E-state index in [1.165, 1.54) is 11.3 Å². The van der Waals surface area contributed by atoms with Gasteiger partial charge in [-0.1, -0.05) is 26.7 Å². The Labute approximate surface area is 170 Å². The maximum Gasteiger partial charge on any atom is 0.262 e. The van der Waals surface area contributed by atoms with Gasteiger partial charge in [-0.15, -0.1) is 11.3 Å². The Kier molecular flexibility index (Phi) is 6.55. The minimum absolute atomic E-state index is 0.0288. The number of amides is 2. The van der Waals surface area contributed by atoms with Crippen LogP contribution in [-0.4, -0.2) is 42.4 Å². The van der Waals surface area contributed by atoms with E-state index in [1.807, 2.05) is 19.9 Å². The summed E-state index contributed by atoms with van der Waals surface area (Å²) >= 11 is 1.41. The monoisotopic (exact) mass is 406 g/mol. The van der Waals surface area contributed by atoms with Crippen LogP contribution in [0.15, 0.2) is 12.1 Å². The summed E-state index contributed by atoms with van der Waals surface area (Å²) in [7, 11) is 0. The number of thiophene rings is 1. The van der Waals surface area contributed by atoms with Gasteiger partial charge < -0.3 is 15.4 Å². The number of carbonyl (C=O) groups excluding carboxylic acids is 3. The Morgan fingerprint density at radius 3 is 2.64 bits per heavy atom. The number of rotatable bonds is 7. The molecule has 1 saturated carbocycles. The van der Waals surface area contributed by atoms with Gasteiger partial charge in [0.2, 0.25) is 5.91 Å². The second-order valence-electron chi connectivity index (χ2n) is 8.37. The summed E-state index contributed by atoms with van der Waals surface area (Å²) in [6, 6.07) is 2.39. The number of aryl methyl sites for hydroxylation is 1. The Morgan fingerprint density at radius 1 is 1.32 bits per heavy atom. The highest BCUT2D eigenvalue weighted by molar-refractivity contribution is 7.13. The molecule has 6 nitrogen and oxygen atoms in total. The van der Waals surface area contributed by atoms with E-state index in [4.69, 9.17) is 4.74 Å². The summed E-state index contributed by atoms with van der Waals surface area (Å²) in [4.78, 5) is 39.6. The molecule has 0 radical (unpaired) electrons. The molecule has 2 heterocycles. The molecule has 1 aliphatic carbocycles. The highest BCUT2D eigenvalue weighted by Gasteiger charge is 2.39. The van der Waals surface area contributed by atoms with Crippen molar-refractivity contribution in [1.82, 2.24) is 10.6 Å². The first-order valence-electron chi connectivity index (χ1n) is 10.1. The lowest BCUT2D eigenvalue weighted by atomic mass is 9.81. The number of hydrogen-bond acceptors (Lipinski definition) is 5. The van der Waals surface area contributed by atoms with Crippen LogP contribution < -0.4 is 10.6 Å². The molecule has 2 N–H and O–H groups in total. The number of Topliss-reactive ketones (excluding diaryl/α,β-unsaturated/α-hetero) is 1. The number of hydrogen-bond donors (Lipinski definition) is 2. The van der Waals surface area contributed by atoms with E-state index < -0.39 is 12.1 Å². The zero-order valence-electron chi connectivity index (χ0n) is 16.9.